The van der Waals surface area contributed by atoms with E-state index in [4.69, 9.17) is 14.7 Å². The maximum atomic E-state index is 6.97. The quantitative estimate of drug-likeness (QED) is 0.199. The van der Waals surface area contributed by atoms with E-state index in [-0.39, 0.29) is 0 Å². The smallest absolute Gasteiger partial charge is 0.160 e. The molecule has 0 saturated carbocycles. The summed E-state index contributed by atoms with van der Waals surface area (Å²) in [5.41, 5.74) is 11.4. The SMILES string of the molecule is c1ccc(-c2nc(-c3ccc4ccccc4c3)cc(-c3cccc4c3Oc3ccccc3C43c4ccccc4-c4ccccc43)n2)cc1. The molecular weight excluding hydrogens is 585 g/mol. The molecule has 7 aromatic carbocycles. The van der Waals surface area contributed by atoms with Gasteiger partial charge in [-0.3, -0.25) is 0 Å². The molecule has 3 heteroatoms. The van der Waals surface area contributed by atoms with Gasteiger partial charge in [0.15, 0.2) is 5.82 Å². The zero-order chi connectivity index (χ0) is 31.7. The topological polar surface area (TPSA) is 35.0 Å². The van der Waals surface area contributed by atoms with Gasteiger partial charge in [0.2, 0.25) is 0 Å². The van der Waals surface area contributed by atoms with Gasteiger partial charge in [-0.2, -0.15) is 0 Å². The Morgan fingerprint density at radius 2 is 1.00 bits per heavy atom. The molecule has 1 aliphatic heterocycles. The second-order valence-corrected chi connectivity index (χ2v) is 12.5. The highest BCUT2D eigenvalue weighted by molar-refractivity contribution is 5.91. The minimum absolute atomic E-state index is 0.538. The lowest BCUT2D eigenvalue weighted by atomic mass is 9.65. The number of hydrogen-bond donors (Lipinski definition) is 0. The van der Waals surface area contributed by atoms with E-state index in [1.54, 1.807) is 0 Å². The van der Waals surface area contributed by atoms with Crippen LogP contribution in [0.5, 0.6) is 11.5 Å². The van der Waals surface area contributed by atoms with Crippen molar-refractivity contribution in [3.8, 4) is 56.5 Å². The summed E-state index contributed by atoms with van der Waals surface area (Å²) in [5, 5.41) is 2.37. The molecular formula is C45H28N2O. The van der Waals surface area contributed by atoms with Crippen LogP contribution in [0.2, 0.25) is 0 Å². The van der Waals surface area contributed by atoms with Crippen molar-refractivity contribution in [2.75, 3.05) is 0 Å². The molecule has 48 heavy (non-hydrogen) atoms. The third-order valence-electron chi connectivity index (χ3n) is 9.95. The molecule has 0 bridgehead atoms. The molecule has 224 valence electrons. The van der Waals surface area contributed by atoms with Gasteiger partial charge in [-0.25, -0.2) is 9.97 Å². The lowest BCUT2D eigenvalue weighted by molar-refractivity contribution is 0.438. The monoisotopic (exact) mass is 612 g/mol. The standard InChI is InChI=1S/C45H28N2O/c1-2-14-30(15-3-1)44-46-40(32-26-25-29-13-4-5-16-31(29)27-32)28-41(47-44)35-19-12-23-39-43(35)48-42-24-11-10-22-38(42)45(39)36-20-8-6-17-33(36)34-18-7-9-21-37(34)45/h1-28H. The van der Waals surface area contributed by atoms with Crippen LogP contribution in [0.4, 0.5) is 0 Å². The summed E-state index contributed by atoms with van der Waals surface area (Å²) < 4.78 is 6.97. The van der Waals surface area contributed by atoms with Crippen LogP contribution in [-0.4, -0.2) is 9.97 Å². The van der Waals surface area contributed by atoms with Crippen molar-refractivity contribution in [2.45, 2.75) is 5.41 Å². The fourth-order valence-electron chi connectivity index (χ4n) is 7.88. The van der Waals surface area contributed by atoms with E-state index in [1.807, 2.05) is 18.2 Å². The number of ether oxygens (including phenoxy) is 1. The van der Waals surface area contributed by atoms with E-state index < -0.39 is 5.41 Å². The van der Waals surface area contributed by atoms with Crippen molar-refractivity contribution in [2.24, 2.45) is 0 Å². The van der Waals surface area contributed by atoms with Crippen LogP contribution in [-0.2, 0) is 5.41 Å². The predicted octanol–water partition coefficient (Wildman–Crippen LogP) is 11.1. The predicted molar refractivity (Wildman–Crippen MR) is 193 cm³/mol. The highest BCUT2D eigenvalue weighted by Crippen LogP contribution is 2.63. The van der Waals surface area contributed by atoms with E-state index in [0.29, 0.717) is 5.82 Å². The summed E-state index contributed by atoms with van der Waals surface area (Å²) in [5.74, 6) is 2.36. The number of benzene rings is 7. The first-order valence-electron chi connectivity index (χ1n) is 16.3. The Morgan fingerprint density at radius 1 is 0.396 bits per heavy atom. The minimum atomic E-state index is -0.538. The first-order chi connectivity index (χ1) is 23.8. The third-order valence-corrected chi connectivity index (χ3v) is 9.95. The van der Waals surface area contributed by atoms with Crippen LogP contribution < -0.4 is 4.74 Å². The van der Waals surface area contributed by atoms with Gasteiger partial charge in [0.1, 0.15) is 11.5 Å². The lowest BCUT2D eigenvalue weighted by Gasteiger charge is -2.40. The maximum Gasteiger partial charge on any atom is 0.160 e. The lowest BCUT2D eigenvalue weighted by Crippen LogP contribution is -2.32. The summed E-state index contributed by atoms with van der Waals surface area (Å²) in [6, 6.07) is 59.9. The molecule has 2 aliphatic rings. The second-order valence-electron chi connectivity index (χ2n) is 12.5. The van der Waals surface area contributed by atoms with Crippen LogP contribution in [0, 0.1) is 0 Å². The summed E-state index contributed by atoms with van der Waals surface area (Å²) in [7, 11) is 0. The number of nitrogens with zero attached hydrogens (tertiary/aromatic N) is 2. The van der Waals surface area contributed by atoms with Crippen LogP contribution in [0.25, 0.3) is 55.8 Å². The molecule has 0 N–H and O–H groups in total. The van der Waals surface area contributed by atoms with Gasteiger partial charge in [-0.1, -0.05) is 146 Å². The molecule has 0 unspecified atom stereocenters. The van der Waals surface area contributed by atoms with E-state index in [9.17, 15) is 0 Å². The summed E-state index contributed by atoms with van der Waals surface area (Å²) >= 11 is 0. The average molecular weight is 613 g/mol. The normalized spacial score (nSPS) is 13.3. The molecule has 3 nitrogen and oxygen atoms in total. The maximum absolute atomic E-state index is 6.97. The Labute approximate surface area is 278 Å². The summed E-state index contributed by atoms with van der Waals surface area (Å²) in [6.07, 6.45) is 0. The van der Waals surface area contributed by atoms with Crippen molar-refractivity contribution >= 4 is 10.8 Å². The van der Waals surface area contributed by atoms with Gasteiger partial charge in [-0.05, 0) is 57.3 Å². The first kappa shape index (κ1) is 26.9. The highest BCUT2D eigenvalue weighted by atomic mass is 16.5. The highest BCUT2D eigenvalue weighted by Gasteiger charge is 2.51. The number of aromatic nitrogens is 2. The van der Waals surface area contributed by atoms with Gasteiger partial charge < -0.3 is 4.74 Å². The van der Waals surface area contributed by atoms with Gasteiger partial charge in [-0.15, -0.1) is 0 Å². The van der Waals surface area contributed by atoms with Crippen molar-refractivity contribution in [3.63, 3.8) is 0 Å². The van der Waals surface area contributed by atoms with Crippen molar-refractivity contribution in [3.05, 3.63) is 192 Å². The van der Waals surface area contributed by atoms with Crippen LogP contribution >= 0.6 is 0 Å². The summed E-state index contributed by atoms with van der Waals surface area (Å²) in [6.45, 7) is 0. The molecule has 1 spiro atoms. The number of hydrogen-bond acceptors (Lipinski definition) is 3. The molecule has 8 aromatic rings. The zero-order valence-corrected chi connectivity index (χ0v) is 26.0. The molecule has 0 atom stereocenters. The molecule has 2 heterocycles. The first-order valence-corrected chi connectivity index (χ1v) is 16.3. The second kappa shape index (κ2) is 10.3. The Hall–Kier alpha value is -6.32. The fourth-order valence-corrected chi connectivity index (χ4v) is 7.88. The molecule has 10 rings (SSSR count). The molecule has 0 amide bonds. The molecule has 0 saturated heterocycles. The third kappa shape index (κ3) is 3.82. The minimum Gasteiger partial charge on any atom is -0.456 e. The van der Waals surface area contributed by atoms with Crippen LogP contribution in [0.15, 0.2) is 170 Å². The Kier molecular flexibility index (Phi) is 5.79. The van der Waals surface area contributed by atoms with Crippen molar-refractivity contribution in [1.29, 1.82) is 0 Å². The fraction of sp³-hybridized carbons (Fsp3) is 0.0222. The van der Waals surface area contributed by atoms with Gasteiger partial charge in [0.05, 0.1) is 16.8 Å². The van der Waals surface area contributed by atoms with E-state index in [0.717, 1.165) is 50.7 Å². The number of rotatable bonds is 3. The molecule has 1 aromatic heterocycles. The van der Waals surface area contributed by atoms with Gasteiger partial charge in [0, 0.05) is 27.8 Å². The number of fused-ring (bicyclic) bond motifs is 10. The van der Waals surface area contributed by atoms with E-state index in [2.05, 4.69) is 152 Å². The molecule has 0 fully saturated rings. The average Bonchev–Trinajstić information content (AvgIpc) is 3.45. The zero-order valence-electron chi connectivity index (χ0n) is 26.0. The largest absolute Gasteiger partial charge is 0.456 e. The van der Waals surface area contributed by atoms with Gasteiger partial charge >= 0.3 is 0 Å². The Balaban J connectivity index is 1.26. The summed E-state index contributed by atoms with van der Waals surface area (Å²) in [4.78, 5) is 10.4. The van der Waals surface area contributed by atoms with E-state index in [1.165, 1.54) is 33.0 Å². The van der Waals surface area contributed by atoms with Crippen molar-refractivity contribution in [1.82, 2.24) is 9.97 Å². The Bertz CT molecular complexity index is 2510. The van der Waals surface area contributed by atoms with E-state index >= 15 is 0 Å². The van der Waals surface area contributed by atoms with Crippen molar-refractivity contribution < 1.29 is 4.74 Å². The molecule has 1 aliphatic carbocycles. The number of para-hydroxylation sites is 2. The van der Waals surface area contributed by atoms with Crippen LogP contribution in [0.1, 0.15) is 22.3 Å². The Morgan fingerprint density at radius 3 is 1.79 bits per heavy atom. The van der Waals surface area contributed by atoms with Crippen LogP contribution in [0.3, 0.4) is 0 Å². The van der Waals surface area contributed by atoms with Gasteiger partial charge in [0.25, 0.3) is 0 Å². The molecule has 0 radical (unpaired) electrons.